The highest BCUT2D eigenvalue weighted by molar-refractivity contribution is 5.28. The lowest BCUT2D eigenvalue weighted by Crippen LogP contribution is -2.37. The number of rotatable bonds is 6. The fourth-order valence-corrected chi connectivity index (χ4v) is 2.58. The van der Waals surface area contributed by atoms with Crippen molar-refractivity contribution in [3.05, 3.63) is 29.8 Å². The molecule has 1 heterocycles. The van der Waals surface area contributed by atoms with E-state index in [0.29, 0.717) is 18.1 Å². The van der Waals surface area contributed by atoms with E-state index < -0.39 is 0 Å². The zero-order valence-corrected chi connectivity index (χ0v) is 12.9. The van der Waals surface area contributed by atoms with Gasteiger partial charge in [-0.2, -0.15) is 0 Å². The monoisotopic (exact) mass is 277 g/mol. The Hall–Kier alpha value is -1.06. The van der Waals surface area contributed by atoms with E-state index in [4.69, 9.17) is 9.47 Å². The van der Waals surface area contributed by atoms with Gasteiger partial charge in [-0.25, -0.2) is 0 Å². The van der Waals surface area contributed by atoms with Gasteiger partial charge in [-0.1, -0.05) is 19.1 Å². The molecule has 1 aliphatic rings. The van der Waals surface area contributed by atoms with Gasteiger partial charge >= 0.3 is 0 Å². The van der Waals surface area contributed by atoms with Gasteiger partial charge in [-0.3, -0.25) is 0 Å². The summed E-state index contributed by atoms with van der Waals surface area (Å²) in [4.78, 5) is 0. The molecule has 1 aromatic carbocycles. The van der Waals surface area contributed by atoms with Crippen LogP contribution in [-0.2, 0) is 4.74 Å². The van der Waals surface area contributed by atoms with Crippen LogP contribution in [0.1, 0.15) is 45.2 Å². The van der Waals surface area contributed by atoms with Gasteiger partial charge in [0.1, 0.15) is 5.75 Å². The first-order valence-electron chi connectivity index (χ1n) is 7.67. The second-order valence-electron chi connectivity index (χ2n) is 6.03. The molecule has 1 fully saturated rings. The predicted molar refractivity (Wildman–Crippen MR) is 82.2 cm³/mol. The van der Waals surface area contributed by atoms with Gasteiger partial charge in [0, 0.05) is 25.8 Å². The molecule has 3 heteroatoms. The first-order valence-corrected chi connectivity index (χ1v) is 7.67. The van der Waals surface area contributed by atoms with Crippen LogP contribution in [0, 0.1) is 5.41 Å². The molecule has 1 aliphatic heterocycles. The average molecular weight is 277 g/mol. The molecule has 1 saturated heterocycles. The summed E-state index contributed by atoms with van der Waals surface area (Å²) in [5.41, 5.74) is 1.68. The third kappa shape index (κ3) is 4.22. The summed E-state index contributed by atoms with van der Waals surface area (Å²) >= 11 is 0. The summed E-state index contributed by atoms with van der Waals surface area (Å²) in [6.07, 6.45) is 2.30. The van der Waals surface area contributed by atoms with Crippen molar-refractivity contribution in [3.63, 3.8) is 0 Å². The van der Waals surface area contributed by atoms with Crippen LogP contribution in [-0.4, -0.2) is 26.4 Å². The molecule has 0 saturated carbocycles. The Morgan fingerprint density at radius 2 is 1.90 bits per heavy atom. The highest BCUT2D eigenvalue weighted by atomic mass is 16.5. The highest BCUT2D eigenvalue weighted by Crippen LogP contribution is 2.29. The van der Waals surface area contributed by atoms with Crippen LogP contribution in [0.3, 0.4) is 0 Å². The Bertz CT molecular complexity index is 396. The topological polar surface area (TPSA) is 30.5 Å². The van der Waals surface area contributed by atoms with Crippen LogP contribution in [0.2, 0.25) is 0 Å². The largest absolute Gasteiger partial charge is 0.494 e. The lowest BCUT2D eigenvalue weighted by Gasteiger charge is -2.34. The number of benzene rings is 1. The number of hydrogen-bond donors (Lipinski definition) is 1. The van der Waals surface area contributed by atoms with Crippen molar-refractivity contribution in [2.45, 2.75) is 39.7 Å². The maximum Gasteiger partial charge on any atom is 0.119 e. The Labute approximate surface area is 122 Å². The SMILES string of the molecule is CCOc1ccc(C(C)NCC2(C)CCOCC2)cc1. The first-order chi connectivity index (χ1) is 9.63. The van der Waals surface area contributed by atoms with Crippen molar-refractivity contribution in [2.24, 2.45) is 5.41 Å². The molecule has 1 N–H and O–H groups in total. The van der Waals surface area contributed by atoms with E-state index >= 15 is 0 Å². The molecular weight excluding hydrogens is 250 g/mol. The second-order valence-corrected chi connectivity index (χ2v) is 6.03. The molecular formula is C17H27NO2. The minimum absolute atomic E-state index is 0.366. The molecule has 3 nitrogen and oxygen atoms in total. The van der Waals surface area contributed by atoms with Gasteiger partial charge in [0.25, 0.3) is 0 Å². The van der Waals surface area contributed by atoms with E-state index in [0.717, 1.165) is 38.3 Å². The first kappa shape index (κ1) is 15.3. The van der Waals surface area contributed by atoms with Gasteiger partial charge in [-0.15, -0.1) is 0 Å². The van der Waals surface area contributed by atoms with Gasteiger partial charge in [-0.05, 0) is 49.8 Å². The standard InChI is InChI=1S/C17H27NO2/c1-4-20-16-7-5-15(6-8-16)14(2)18-13-17(3)9-11-19-12-10-17/h5-8,14,18H,4,9-13H2,1-3H3. The predicted octanol–water partition coefficient (Wildman–Crippen LogP) is 3.55. The van der Waals surface area contributed by atoms with Crippen LogP contribution in [0.25, 0.3) is 0 Å². The van der Waals surface area contributed by atoms with E-state index in [1.807, 2.05) is 19.1 Å². The van der Waals surface area contributed by atoms with Crippen LogP contribution in [0.5, 0.6) is 5.75 Å². The molecule has 1 unspecified atom stereocenters. The van der Waals surface area contributed by atoms with Crippen LogP contribution >= 0.6 is 0 Å². The second kappa shape index (κ2) is 7.09. The third-order valence-corrected chi connectivity index (χ3v) is 4.23. The molecule has 0 bridgehead atoms. The fourth-order valence-electron chi connectivity index (χ4n) is 2.58. The minimum Gasteiger partial charge on any atom is -0.494 e. The maximum atomic E-state index is 5.48. The normalized spacial score (nSPS) is 19.6. The van der Waals surface area contributed by atoms with E-state index in [-0.39, 0.29) is 0 Å². The van der Waals surface area contributed by atoms with Crippen molar-refractivity contribution in [2.75, 3.05) is 26.4 Å². The Morgan fingerprint density at radius 3 is 2.50 bits per heavy atom. The van der Waals surface area contributed by atoms with Crippen LogP contribution in [0.4, 0.5) is 0 Å². The number of ether oxygens (including phenoxy) is 2. The third-order valence-electron chi connectivity index (χ3n) is 4.23. The Kier molecular flexibility index (Phi) is 5.44. The van der Waals surface area contributed by atoms with E-state index in [1.165, 1.54) is 5.56 Å². The van der Waals surface area contributed by atoms with Gasteiger partial charge in [0.15, 0.2) is 0 Å². The van der Waals surface area contributed by atoms with E-state index in [1.54, 1.807) is 0 Å². The van der Waals surface area contributed by atoms with E-state index in [2.05, 4.69) is 31.3 Å². The smallest absolute Gasteiger partial charge is 0.119 e. The van der Waals surface area contributed by atoms with Crippen molar-refractivity contribution in [1.82, 2.24) is 5.32 Å². The lowest BCUT2D eigenvalue weighted by atomic mass is 9.82. The zero-order chi connectivity index (χ0) is 14.4. The molecule has 112 valence electrons. The Morgan fingerprint density at radius 1 is 1.25 bits per heavy atom. The van der Waals surface area contributed by atoms with Crippen molar-refractivity contribution >= 4 is 0 Å². The lowest BCUT2D eigenvalue weighted by molar-refractivity contribution is 0.0231. The molecule has 1 aromatic rings. The van der Waals surface area contributed by atoms with E-state index in [9.17, 15) is 0 Å². The molecule has 0 aliphatic carbocycles. The molecule has 0 spiro atoms. The molecule has 1 atom stereocenters. The van der Waals surface area contributed by atoms with Crippen LogP contribution < -0.4 is 10.1 Å². The summed E-state index contributed by atoms with van der Waals surface area (Å²) in [6, 6.07) is 8.76. The number of hydrogen-bond acceptors (Lipinski definition) is 3. The summed E-state index contributed by atoms with van der Waals surface area (Å²) in [6.45, 7) is 10.1. The number of nitrogens with one attached hydrogen (secondary N) is 1. The fraction of sp³-hybridized carbons (Fsp3) is 0.647. The molecule has 2 rings (SSSR count). The average Bonchev–Trinajstić information content (AvgIpc) is 2.47. The Balaban J connectivity index is 1.86. The van der Waals surface area contributed by atoms with Gasteiger partial charge < -0.3 is 14.8 Å². The van der Waals surface area contributed by atoms with Crippen LogP contribution in [0.15, 0.2) is 24.3 Å². The van der Waals surface area contributed by atoms with Gasteiger partial charge in [0.2, 0.25) is 0 Å². The van der Waals surface area contributed by atoms with Crippen molar-refractivity contribution in [1.29, 1.82) is 0 Å². The molecule has 0 radical (unpaired) electrons. The van der Waals surface area contributed by atoms with Crippen molar-refractivity contribution < 1.29 is 9.47 Å². The minimum atomic E-state index is 0.366. The summed E-state index contributed by atoms with van der Waals surface area (Å²) in [5.74, 6) is 0.944. The maximum absolute atomic E-state index is 5.48. The summed E-state index contributed by atoms with van der Waals surface area (Å²) < 4.78 is 10.9. The molecule has 0 aromatic heterocycles. The van der Waals surface area contributed by atoms with Crippen molar-refractivity contribution in [3.8, 4) is 5.75 Å². The zero-order valence-electron chi connectivity index (χ0n) is 12.9. The quantitative estimate of drug-likeness (QED) is 0.862. The summed E-state index contributed by atoms with van der Waals surface area (Å²) in [7, 11) is 0. The van der Waals surface area contributed by atoms with Gasteiger partial charge in [0.05, 0.1) is 6.61 Å². The molecule has 20 heavy (non-hydrogen) atoms. The molecule has 0 amide bonds. The highest BCUT2D eigenvalue weighted by Gasteiger charge is 2.27. The summed E-state index contributed by atoms with van der Waals surface area (Å²) in [5, 5.41) is 3.66.